The molecule has 3 aromatic rings. The number of nitrogens with one attached hydrogen (secondary N) is 1. The van der Waals surface area contributed by atoms with E-state index in [1.54, 1.807) is 40.6 Å². The van der Waals surface area contributed by atoms with Crippen LogP contribution in [0.25, 0.3) is 0 Å². The molecule has 1 aromatic carbocycles. The van der Waals surface area contributed by atoms with Gasteiger partial charge in [0.05, 0.1) is 13.0 Å². The predicted molar refractivity (Wildman–Crippen MR) is 93.3 cm³/mol. The Labute approximate surface area is 166 Å². The lowest BCUT2D eigenvalue weighted by Gasteiger charge is -2.05. The zero-order valence-corrected chi connectivity index (χ0v) is 15.1. The highest BCUT2D eigenvalue weighted by Gasteiger charge is 2.38. The molecule has 0 aliphatic heterocycles. The van der Waals surface area contributed by atoms with Crippen LogP contribution in [0.15, 0.2) is 48.7 Å². The summed E-state index contributed by atoms with van der Waals surface area (Å²) < 4.78 is 33.4. The lowest BCUT2D eigenvalue weighted by Crippen LogP contribution is -2.21. The topological polar surface area (TPSA) is 143 Å². The molecule has 30 heavy (non-hydrogen) atoms. The number of rotatable bonds is 5. The number of carbonyl (C=O) groups is 2. The van der Waals surface area contributed by atoms with Gasteiger partial charge in [0.25, 0.3) is 5.91 Å². The van der Waals surface area contributed by atoms with Crippen molar-refractivity contribution in [2.75, 3.05) is 0 Å². The highest BCUT2D eigenvalue weighted by atomic mass is 19.4. The van der Waals surface area contributed by atoms with Gasteiger partial charge in [-0.15, -0.1) is 5.10 Å². The molecule has 0 atom stereocenters. The molecule has 0 bridgehead atoms. The molecule has 158 valence electrons. The average Bonchev–Trinajstić information content (AvgIpc) is 3.15. The Bertz CT molecular complexity index is 977. The zero-order valence-electron chi connectivity index (χ0n) is 15.1. The van der Waals surface area contributed by atoms with Crippen LogP contribution >= 0.6 is 0 Å². The molecule has 0 saturated heterocycles. The van der Waals surface area contributed by atoms with Crippen LogP contribution < -0.4 is 5.48 Å². The molecule has 0 radical (unpaired) electrons. The molecule has 2 heterocycles. The third-order valence-electron chi connectivity index (χ3n) is 3.56. The molecule has 1 amide bonds. The summed E-state index contributed by atoms with van der Waals surface area (Å²) in [7, 11) is 0. The van der Waals surface area contributed by atoms with Crippen molar-refractivity contribution in [3.8, 4) is 0 Å². The van der Waals surface area contributed by atoms with Crippen molar-refractivity contribution in [1.29, 1.82) is 0 Å². The molecular formula is C17H15F3N6O4. The smallest absolute Gasteiger partial charge is 0.475 e. The lowest BCUT2D eigenvalue weighted by molar-refractivity contribution is -0.192. The summed E-state index contributed by atoms with van der Waals surface area (Å²) in [5, 5.41) is 27.5. The number of tetrazole rings is 1. The number of carboxylic acid groups (broad SMARTS) is 1. The number of aromatic nitrogens is 5. The van der Waals surface area contributed by atoms with E-state index >= 15 is 0 Å². The molecule has 2 aromatic heterocycles. The Balaban J connectivity index is 0.000000396. The van der Waals surface area contributed by atoms with Gasteiger partial charge in [-0.25, -0.2) is 15.0 Å². The van der Waals surface area contributed by atoms with E-state index in [0.717, 1.165) is 11.3 Å². The lowest BCUT2D eigenvalue weighted by atomic mass is 10.1. The van der Waals surface area contributed by atoms with E-state index in [4.69, 9.17) is 15.1 Å². The van der Waals surface area contributed by atoms with Crippen molar-refractivity contribution in [1.82, 2.24) is 30.7 Å². The van der Waals surface area contributed by atoms with Gasteiger partial charge < -0.3 is 5.11 Å². The van der Waals surface area contributed by atoms with Crippen LogP contribution in [0, 0.1) is 0 Å². The van der Waals surface area contributed by atoms with Crippen molar-refractivity contribution in [3.63, 3.8) is 0 Å². The van der Waals surface area contributed by atoms with E-state index in [-0.39, 0.29) is 0 Å². The fourth-order valence-corrected chi connectivity index (χ4v) is 2.14. The Kier molecular flexibility index (Phi) is 7.52. The van der Waals surface area contributed by atoms with Crippen molar-refractivity contribution in [2.24, 2.45) is 0 Å². The quantitative estimate of drug-likeness (QED) is 0.413. The van der Waals surface area contributed by atoms with Crippen molar-refractivity contribution >= 4 is 11.9 Å². The second kappa shape index (κ2) is 10.1. The van der Waals surface area contributed by atoms with Gasteiger partial charge >= 0.3 is 12.1 Å². The number of hydroxylamine groups is 1. The van der Waals surface area contributed by atoms with Crippen molar-refractivity contribution in [3.05, 3.63) is 71.3 Å². The number of hydrogen-bond donors (Lipinski definition) is 3. The van der Waals surface area contributed by atoms with Crippen LogP contribution in [-0.2, 0) is 17.8 Å². The van der Waals surface area contributed by atoms with Gasteiger partial charge in [-0.3, -0.25) is 15.0 Å². The van der Waals surface area contributed by atoms with Crippen LogP contribution in [0.4, 0.5) is 13.2 Å². The summed E-state index contributed by atoms with van der Waals surface area (Å²) in [6.07, 6.45) is -2.81. The first kappa shape index (κ1) is 22.4. The highest BCUT2D eigenvalue weighted by Crippen LogP contribution is 2.13. The third kappa shape index (κ3) is 6.63. The van der Waals surface area contributed by atoms with E-state index in [1.165, 1.54) is 0 Å². The molecule has 3 N–H and O–H groups in total. The summed E-state index contributed by atoms with van der Waals surface area (Å²) in [5.74, 6) is -2.59. The number of nitrogens with zero attached hydrogens (tertiary/aromatic N) is 5. The number of halogens is 3. The number of aliphatic carboxylic acids is 1. The summed E-state index contributed by atoms with van der Waals surface area (Å²) in [6.45, 7) is 0.482. The molecule has 0 unspecified atom stereocenters. The number of carbonyl (C=O) groups excluding carboxylic acids is 1. The Morgan fingerprint density at radius 1 is 1.10 bits per heavy atom. The van der Waals surface area contributed by atoms with Crippen LogP contribution in [-0.4, -0.2) is 53.6 Å². The monoisotopic (exact) mass is 424 g/mol. The van der Waals surface area contributed by atoms with E-state index in [2.05, 4.69) is 20.5 Å². The molecule has 0 fully saturated rings. The van der Waals surface area contributed by atoms with E-state index in [9.17, 15) is 18.0 Å². The second-order valence-corrected chi connectivity index (χ2v) is 5.69. The van der Waals surface area contributed by atoms with E-state index in [1.807, 2.05) is 18.2 Å². The summed E-state index contributed by atoms with van der Waals surface area (Å²) >= 11 is 0. The van der Waals surface area contributed by atoms with Crippen LogP contribution in [0.5, 0.6) is 0 Å². The van der Waals surface area contributed by atoms with Gasteiger partial charge in [-0.2, -0.15) is 13.2 Å². The fraction of sp³-hybridized carbons (Fsp3) is 0.176. The first-order chi connectivity index (χ1) is 14.2. The predicted octanol–water partition coefficient (Wildman–Crippen LogP) is 1.46. The minimum Gasteiger partial charge on any atom is -0.475 e. The number of carboxylic acids is 1. The van der Waals surface area contributed by atoms with Crippen molar-refractivity contribution in [2.45, 2.75) is 19.1 Å². The number of benzene rings is 1. The maximum Gasteiger partial charge on any atom is 0.490 e. The first-order valence-electron chi connectivity index (χ1n) is 8.19. The van der Waals surface area contributed by atoms with Gasteiger partial charge in [0.1, 0.15) is 0 Å². The van der Waals surface area contributed by atoms with E-state index in [0.29, 0.717) is 24.4 Å². The van der Waals surface area contributed by atoms with Gasteiger partial charge in [-0.1, -0.05) is 18.2 Å². The molecular weight excluding hydrogens is 409 g/mol. The van der Waals surface area contributed by atoms with E-state index < -0.39 is 18.1 Å². The van der Waals surface area contributed by atoms with Gasteiger partial charge in [0, 0.05) is 17.5 Å². The second-order valence-electron chi connectivity index (χ2n) is 5.69. The Hall–Kier alpha value is -3.87. The third-order valence-corrected chi connectivity index (χ3v) is 3.56. The molecule has 0 spiro atoms. The number of alkyl halides is 3. The van der Waals surface area contributed by atoms with Gasteiger partial charge in [0.15, 0.2) is 5.82 Å². The summed E-state index contributed by atoms with van der Waals surface area (Å²) in [5.41, 5.74) is 3.80. The number of hydrogen-bond acceptors (Lipinski definition) is 7. The molecule has 0 aliphatic carbocycles. The van der Waals surface area contributed by atoms with Crippen molar-refractivity contribution < 1.29 is 33.1 Å². The largest absolute Gasteiger partial charge is 0.490 e. The van der Waals surface area contributed by atoms with Gasteiger partial charge in [0.2, 0.25) is 0 Å². The molecule has 0 saturated carbocycles. The van der Waals surface area contributed by atoms with Crippen LogP contribution in [0.1, 0.15) is 27.4 Å². The first-order valence-corrected chi connectivity index (χ1v) is 8.19. The molecule has 13 heteroatoms. The number of amides is 1. The molecule has 10 nitrogen and oxygen atoms in total. The number of pyridine rings is 1. The SMILES string of the molecule is O=C(NO)c1ccc(Cn2nnnc2Cc2ccccn2)cc1.O=C(O)C(F)(F)F. The fourth-order valence-electron chi connectivity index (χ4n) is 2.14. The van der Waals surface area contributed by atoms with Crippen LogP contribution in [0.3, 0.4) is 0 Å². The summed E-state index contributed by atoms with van der Waals surface area (Å²) in [4.78, 5) is 24.5. The summed E-state index contributed by atoms with van der Waals surface area (Å²) in [6, 6.07) is 12.5. The molecule has 0 aliphatic rings. The van der Waals surface area contributed by atoms with Gasteiger partial charge in [-0.05, 0) is 40.3 Å². The minimum atomic E-state index is -5.08. The Morgan fingerprint density at radius 3 is 2.30 bits per heavy atom. The minimum absolute atomic E-state index is 0.377. The maximum atomic E-state index is 11.3. The maximum absolute atomic E-state index is 11.3. The normalized spacial score (nSPS) is 10.7. The standard InChI is InChI=1S/C15H14N6O2.C2HF3O2/c22-15(18-23)12-6-4-11(5-7-12)10-21-14(17-19-20-21)9-13-3-1-2-8-16-13;3-2(4,5)1(6)7/h1-8,23H,9-10H2,(H,18,22);(H,6,7). The Morgan fingerprint density at radius 2 is 1.77 bits per heavy atom. The molecule has 3 rings (SSSR count). The average molecular weight is 424 g/mol. The van der Waals surface area contributed by atoms with Crippen LogP contribution in [0.2, 0.25) is 0 Å². The zero-order chi connectivity index (χ0) is 22.1. The highest BCUT2D eigenvalue weighted by molar-refractivity contribution is 5.93.